The summed E-state index contributed by atoms with van der Waals surface area (Å²) in [6.07, 6.45) is 0. The van der Waals surface area contributed by atoms with Gasteiger partial charge in [-0.1, -0.05) is 11.6 Å². The van der Waals surface area contributed by atoms with Crippen LogP contribution in [-0.4, -0.2) is 42.0 Å². The molecule has 1 aromatic carbocycles. The van der Waals surface area contributed by atoms with Gasteiger partial charge in [0.1, 0.15) is 0 Å². The maximum atomic E-state index is 11.5. The number of benzene rings is 1. The van der Waals surface area contributed by atoms with Gasteiger partial charge in [0.2, 0.25) is 5.91 Å². The van der Waals surface area contributed by atoms with Gasteiger partial charge in [-0.3, -0.25) is 14.9 Å². The third-order valence-corrected chi connectivity index (χ3v) is 2.91. The minimum atomic E-state index is -1.36. The van der Waals surface area contributed by atoms with Crippen LogP contribution in [0.15, 0.2) is 12.1 Å². The predicted molar refractivity (Wildman–Crippen MR) is 77.0 cm³/mol. The molecule has 1 rings (SSSR count). The molecule has 0 saturated carbocycles. The Morgan fingerprint density at radius 2 is 2.10 bits per heavy atom. The van der Waals surface area contributed by atoms with E-state index in [0.717, 1.165) is 12.1 Å². The van der Waals surface area contributed by atoms with Crippen molar-refractivity contribution in [3.63, 3.8) is 0 Å². The molecule has 1 aromatic rings. The molecule has 0 radical (unpaired) electrons. The molecule has 0 fully saturated rings. The number of nitro benzene ring substituents is 1. The van der Waals surface area contributed by atoms with Gasteiger partial charge in [-0.05, 0) is 6.92 Å². The van der Waals surface area contributed by atoms with Gasteiger partial charge < -0.3 is 15.3 Å². The summed E-state index contributed by atoms with van der Waals surface area (Å²) in [6, 6.07) is 1.97. The Morgan fingerprint density at radius 3 is 2.57 bits per heavy atom. The van der Waals surface area contributed by atoms with E-state index in [-0.39, 0.29) is 28.7 Å². The van der Waals surface area contributed by atoms with Crippen molar-refractivity contribution in [1.82, 2.24) is 5.32 Å². The molecule has 8 nitrogen and oxygen atoms in total. The van der Waals surface area contributed by atoms with Crippen molar-refractivity contribution in [2.24, 2.45) is 0 Å². The van der Waals surface area contributed by atoms with Crippen LogP contribution in [0.3, 0.4) is 0 Å². The summed E-state index contributed by atoms with van der Waals surface area (Å²) < 4.78 is 0. The Kier molecular flexibility index (Phi) is 5.48. The number of non-ortho nitro benzene ring substituents is 1. The summed E-state index contributed by atoms with van der Waals surface area (Å²) in [7, 11) is 1.48. The van der Waals surface area contributed by atoms with Crippen molar-refractivity contribution in [2.75, 3.05) is 25.0 Å². The lowest BCUT2D eigenvalue weighted by molar-refractivity contribution is -0.384. The van der Waals surface area contributed by atoms with Gasteiger partial charge in [0.15, 0.2) is 0 Å². The van der Waals surface area contributed by atoms with E-state index in [1.807, 2.05) is 0 Å². The number of aromatic carboxylic acids is 1. The molecule has 0 aliphatic heterocycles. The van der Waals surface area contributed by atoms with E-state index in [1.165, 1.54) is 11.9 Å². The number of carbonyl (C=O) groups excluding carboxylic acids is 1. The summed E-state index contributed by atoms with van der Waals surface area (Å²) in [4.78, 5) is 34.2. The zero-order valence-electron chi connectivity index (χ0n) is 11.4. The standard InChI is InChI=1S/C12H14ClN3O5/c1-3-14-10(17)6-15(2)11-8(12(18)19)4-7(16(20)21)5-9(11)13/h4-5H,3,6H2,1-2H3,(H,14,17)(H,18,19). The lowest BCUT2D eigenvalue weighted by Crippen LogP contribution is -2.35. The number of hydrogen-bond acceptors (Lipinski definition) is 5. The average Bonchev–Trinajstić information content (AvgIpc) is 2.37. The fourth-order valence-electron chi connectivity index (χ4n) is 1.79. The molecule has 0 saturated heterocycles. The van der Waals surface area contributed by atoms with Gasteiger partial charge in [0, 0.05) is 25.7 Å². The third kappa shape index (κ3) is 4.06. The highest BCUT2D eigenvalue weighted by Gasteiger charge is 2.23. The number of nitrogens with zero attached hydrogens (tertiary/aromatic N) is 2. The summed E-state index contributed by atoms with van der Waals surface area (Å²) in [5, 5.41) is 22.4. The van der Waals surface area contributed by atoms with Crippen LogP contribution in [0.25, 0.3) is 0 Å². The van der Waals surface area contributed by atoms with Crippen LogP contribution >= 0.6 is 11.6 Å². The third-order valence-electron chi connectivity index (χ3n) is 2.63. The summed E-state index contributed by atoms with van der Waals surface area (Å²) in [5.74, 6) is -1.68. The molecule has 0 bridgehead atoms. The van der Waals surface area contributed by atoms with Gasteiger partial charge in [0.25, 0.3) is 5.69 Å². The van der Waals surface area contributed by atoms with Crippen LogP contribution < -0.4 is 10.2 Å². The second-order valence-electron chi connectivity index (χ2n) is 4.20. The van der Waals surface area contributed by atoms with Crippen LogP contribution in [0, 0.1) is 10.1 Å². The Balaban J connectivity index is 3.24. The second kappa shape index (κ2) is 6.89. The number of carboxylic acid groups (broad SMARTS) is 1. The molecule has 0 aliphatic carbocycles. The summed E-state index contributed by atoms with van der Waals surface area (Å²) in [5.41, 5.74) is -0.699. The second-order valence-corrected chi connectivity index (χ2v) is 4.60. The van der Waals surface area contributed by atoms with Crippen molar-refractivity contribution in [2.45, 2.75) is 6.92 Å². The molecule has 0 aromatic heterocycles. The fourth-order valence-corrected chi connectivity index (χ4v) is 2.15. The molecular weight excluding hydrogens is 302 g/mol. The number of rotatable bonds is 6. The zero-order chi connectivity index (χ0) is 16.2. The Hall–Kier alpha value is -2.35. The highest BCUT2D eigenvalue weighted by Crippen LogP contribution is 2.33. The molecule has 21 heavy (non-hydrogen) atoms. The normalized spacial score (nSPS) is 10.0. The number of nitrogens with one attached hydrogen (secondary N) is 1. The lowest BCUT2D eigenvalue weighted by atomic mass is 10.1. The number of hydrogen-bond donors (Lipinski definition) is 2. The molecule has 9 heteroatoms. The Labute approximate surface area is 125 Å². The Bertz CT molecular complexity index is 591. The minimum Gasteiger partial charge on any atom is -0.478 e. The topological polar surface area (TPSA) is 113 Å². The van der Waals surface area contributed by atoms with E-state index in [9.17, 15) is 24.8 Å². The van der Waals surface area contributed by atoms with Crippen molar-refractivity contribution in [3.8, 4) is 0 Å². The SMILES string of the molecule is CCNC(=O)CN(C)c1c(Cl)cc([N+](=O)[O-])cc1C(=O)O. The summed E-state index contributed by atoms with van der Waals surface area (Å²) in [6.45, 7) is 2.07. The number of amides is 1. The first-order chi connectivity index (χ1) is 9.77. The molecule has 0 heterocycles. The van der Waals surface area contributed by atoms with E-state index >= 15 is 0 Å². The maximum absolute atomic E-state index is 11.5. The quantitative estimate of drug-likeness (QED) is 0.608. The van der Waals surface area contributed by atoms with Gasteiger partial charge in [-0.2, -0.15) is 0 Å². The number of nitro groups is 1. The van der Waals surface area contributed by atoms with Crippen LogP contribution in [0.4, 0.5) is 11.4 Å². The summed E-state index contributed by atoms with van der Waals surface area (Å²) >= 11 is 5.94. The lowest BCUT2D eigenvalue weighted by Gasteiger charge is -2.21. The first-order valence-electron chi connectivity index (χ1n) is 5.97. The molecule has 0 unspecified atom stereocenters. The number of likely N-dealkylation sites (N-methyl/N-ethyl adjacent to an activating group) is 2. The van der Waals surface area contributed by atoms with Crippen LogP contribution in [0.2, 0.25) is 5.02 Å². The first kappa shape index (κ1) is 16.7. The van der Waals surface area contributed by atoms with E-state index in [2.05, 4.69) is 5.32 Å². The van der Waals surface area contributed by atoms with Gasteiger partial charge in [0.05, 0.1) is 27.7 Å². The van der Waals surface area contributed by atoms with Gasteiger partial charge in [-0.15, -0.1) is 0 Å². The monoisotopic (exact) mass is 315 g/mol. The Morgan fingerprint density at radius 1 is 1.48 bits per heavy atom. The smallest absolute Gasteiger partial charge is 0.338 e. The van der Waals surface area contributed by atoms with E-state index in [4.69, 9.17) is 11.6 Å². The van der Waals surface area contributed by atoms with Crippen molar-refractivity contribution >= 4 is 34.9 Å². The van der Waals surface area contributed by atoms with Crippen molar-refractivity contribution < 1.29 is 19.6 Å². The highest BCUT2D eigenvalue weighted by molar-refractivity contribution is 6.34. The fraction of sp³-hybridized carbons (Fsp3) is 0.333. The zero-order valence-corrected chi connectivity index (χ0v) is 12.2. The molecule has 2 N–H and O–H groups in total. The van der Waals surface area contributed by atoms with Crippen LogP contribution in [0.1, 0.15) is 17.3 Å². The first-order valence-corrected chi connectivity index (χ1v) is 6.34. The van der Waals surface area contributed by atoms with E-state index in [0.29, 0.717) is 6.54 Å². The molecule has 0 atom stereocenters. The number of halogens is 1. The average molecular weight is 316 g/mol. The molecule has 114 valence electrons. The number of carbonyl (C=O) groups is 2. The highest BCUT2D eigenvalue weighted by atomic mass is 35.5. The molecule has 0 spiro atoms. The number of carboxylic acids is 1. The van der Waals surface area contributed by atoms with Gasteiger partial charge in [-0.25, -0.2) is 4.79 Å². The molecular formula is C12H14ClN3O5. The van der Waals surface area contributed by atoms with E-state index < -0.39 is 16.6 Å². The molecule has 1 amide bonds. The maximum Gasteiger partial charge on any atom is 0.338 e. The van der Waals surface area contributed by atoms with Crippen molar-refractivity contribution in [1.29, 1.82) is 0 Å². The largest absolute Gasteiger partial charge is 0.478 e. The van der Waals surface area contributed by atoms with Gasteiger partial charge >= 0.3 is 5.97 Å². The molecule has 0 aliphatic rings. The number of anilines is 1. The van der Waals surface area contributed by atoms with Crippen LogP contribution in [-0.2, 0) is 4.79 Å². The predicted octanol–water partition coefficient (Wildman–Crippen LogP) is 1.52. The van der Waals surface area contributed by atoms with E-state index in [1.54, 1.807) is 6.92 Å². The van der Waals surface area contributed by atoms with Crippen LogP contribution in [0.5, 0.6) is 0 Å². The minimum absolute atomic E-state index is 0.0565. The van der Waals surface area contributed by atoms with Crippen molar-refractivity contribution in [3.05, 3.63) is 32.8 Å².